The van der Waals surface area contributed by atoms with Crippen LogP contribution in [0, 0.1) is 12.8 Å². The fraction of sp³-hybridized carbons (Fsp3) is 0.333. The van der Waals surface area contributed by atoms with Crippen molar-refractivity contribution >= 4 is 28.6 Å². The number of aliphatic imine (C=N–C) groups is 1. The largest absolute Gasteiger partial charge is 0.416 e. The highest BCUT2D eigenvalue weighted by Gasteiger charge is 2.30. The van der Waals surface area contributed by atoms with Crippen molar-refractivity contribution in [3.63, 3.8) is 0 Å². The van der Waals surface area contributed by atoms with Crippen LogP contribution in [0.3, 0.4) is 0 Å². The van der Waals surface area contributed by atoms with Gasteiger partial charge in [0.1, 0.15) is 6.54 Å². The second-order valence-corrected chi connectivity index (χ2v) is 9.39. The molecule has 2 heterocycles. The summed E-state index contributed by atoms with van der Waals surface area (Å²) in [6, 6.07) is 7.45. The standard InChI is InChI=1S/C24H24F3N3O3S/c1-13(2)11-18(31)20-9-10-21(34-20)19(32)12-28-14(3)22-15(4)29-30(23(22)33)17-7-5-16(6-8-17)24(25,26)27/h5-10,13,29H,11-12H2,1-4H3. The summed E-state index contributed by atoms with van der Waals surface area (Å²) in [4.78, 5) is 42.8. The second-order valence-electron chi connectivity index (χ2n) is 8.31. The van der Waals surface area contributed by atoms with E-state index in [1.54, 1.807) is 26.0 Å². The van der Waals surface area contributed by atoms with Crippen molar-refractivity contribution in [3.05, 3.63) is 73.3 Å². The van der Waals surface area contributed by atoms with Gasteiger partial charge in [-0.1, -0.05) is 13.8 Å². The van der Waals surface area contributed by atoms with Crippen LogP contribution < -0.4 is 5.56 Å². The molecular weight excluding hydrogens is 467 g/mol. The Hall–Kier alpha value is -3.27. The first-order valence-electron chi connectivity index (χ1n) is 10.6. The lowest BCUT2D eigenvalue weighted by molar-refractivity contribution is -0.137. The van der Waals surface area contributed by atoms with E-state index in [-0.39, 0.29) is 35.3 Å². The van der Waals surface area contributed by atoms with Crippen molar-refractivity contribution in [1.82, 2.24) is 9.78 Å². The molecule has 0 amide bonds. The van der Waals surface area contributed by atoms with Crippen molar-refractivity contribution in [2.75, 3.05) is 6.54 Å². The van der Waals surface area contributed by atoms with Gasteiger partial charge >= 0.3 is 6.18 Å². The smallest absolute Gasteiger partial charge is 0.295 e. The first-order chi connectivity index (χ1) is 15.9. The molecule has 180 valence electrons. The van der Waals surface area contributed by atoms with Gasteiger partial charge in [0.05, 0.1) is 26.6 Å². The summed E-state index contributed by atoms with van der Waals surface area (Å²) in [5, 5.41) is 2.84. The number of nitrogens with one attached hydrogen (secondary N) is 1. The lowest BCUT2D eigenvalue weighted by Crippen LogP contribution is -2.20. The van der Waals surface area contributed by atoms with Crippen LogP contribution in [0.2, 0.25) is 0 Å². The number of rotatable bonds is 8. The van der Waals surface area contributed by atoms with Crippen LogP contribution in [0.5, 0.6) is 0 Å². The van der Waals surface area contributed by atoms with Crippen LogP contribution >= 0.6 is 11.3 Å². The SMILES string of the molecule is CC(=NCC(=O)c1ccc(C(=O)CC(C)C)s1)c1c(C)[nH]n(-c2ccc(C(F)(F)F)cc2)c1=O. The number of Topliss-reactive ketones (excluding diaryl/α,β-unsaturated/α-hetero) is 2. The quantitative estimate of drug-likeness (QED) is 0.335. The summed E-state index contributed by atoms with van der Waals surface area (Å²) in [5.41, 5.74) is -0.0165. The third kappa shape index (κ3) is 5.61. The van der Waals surface area contributed by atoms with Gasteiger partial charge in [0.2, 0.25) is 0 Å². The predicted octanol–water partition coefficient (Wildman–Crippen LogP) is 5.48. The fourth-order valence-corrected chi connectivity index (χ4v) is 4.29. The second kappa shape index (κ2) is 9.92. The summed E-state index contributed by atoms with van der Waals surface area (Å²) in [7, 11) is 0. The topological polar surface area (TPSA) is 84.3 Å². The molecule has 0 saturated carbocycles. The van der Waals surface area contributed by atoms with E-state index in [0.29, 0.717) is 27.6 Å². The Balaban J connectivity index is 1.78. The van der Waals surface area contributed by atoms with Crippen LogP contribution in [0.25, 0.3) is 5.69 Å². The molecule has 34 heavy (non-hydrogen) atoms. The third-order valence-corrected chi connectivity index (χ3v) is 6.26. The summed E-state index contributed by atoms with van der Waals surface area (Å²) in [6.45, 7) is 6.93. The molecule has 10 heteroatoms. The molecule has 0 saturated heterocycles. The molecular formula is C24H24F3N3O3S. The maximum Gasteiger partial charge on any atom is 0.416 e. The molecule has 0 unspecified atom stereocenters. The average molecular weight is 492 g/mol. The van der Waals surface area contributed by atoms with E-state index in [9.17, 15) is 27.6 Å². The van der Waals surface area contributed by atoms with Crippen LogP contribution in [0.1, 0.15) is 63.4 Å². The zero-order valence-corrected chi connectivity index (χ0v) is 19.9. The molecule has 0 fully saturated rings. The van der Waals surface area contributed by atoms with E-state index >= 15 is 0 Å². The zero-order valence-electron chi connectivity index (χ0n) is 19.1. The summed E-state index contributed by atoms with van der Waals surface area (Å²) >= 11 is 1.13. The van der Waals surface area contributed by atoms with Gasteiger partial charge in [-0.15, -0.1) is 11.3 Å². The Morgan fingerprint density at radius 3 is 2.21 bits per heavy atom. The molecule has 6 nitrogen and oxygen atoms in total. The number of aromatic amines is 1. The summed E-state index contributed by atoms with van der Waals surface area (Å²) < 4.78 is 39.5. The van der Waals surface area contributed by atoms with Crippen molar-refractivity contribution in [2.24, 2.45) is 10.9 Å². The number of carbonyl (C=O) groups is 2. The molecule has 2 aromatic heterocycles. The van der Waals surface area contributed by atoms with Crippen molar-refractivity contribution in [2.45, 2.75) is 40.3 Å². The lowest BCUT2D eigenvalue weighted by Gasteiger charge is -2.07. The lowest BCUT2D eigenvalue weighted by atomic mass is 10.1. The van der Waals surface area contributed by atoms with E-state index in [4.69, 9.17) is 0 Å². The number of hydrogen-bond donors (Lipinski definition) is 1. The molecule has 0 bridgehead atoms. The van der Waals surface area contributed by atoms with Crippen LogP contribution in [-0.4, -0.2) is 33.6 Å². The van der Waals surface area contributed by atoms with E-state index in [1.165, 1.54) is 12.1 Å². The molecule has 3 aromatic rings. The highest BCUT2D eigenvalue weighted by Crippen LogP contribution is 2.29. The Bertz CT molecular complexity index is 1300. The number of halogens is 3. The highest BCUT2D eigenvalue weighted by atomic mass is 32.1. The number of nitrogens with zero attached hydrogens (tertiary/aromatic N) is 2. The number of hydrogen-bond acceptors (Lipinski definition) is 5. The fourth-order valence-electron chi connectivity index (χ4n) is 3.41. The molecule has 0 aliphatic carbocycles. The minimum Gasteiger partial charge on any atom is -0.295 e. The number of ketones is 2. The first kappa shape index (κ1) is 25.4. The zero-order chi connectivity index (χ0) is 25.2. The van der Waals surface area contributed by atoms with Gasteiger partial charge in [-0.3, -0.25) is 24.5 Å². The van der Waals surface area contributed by atoms with Crippen molar-refractivity contribution < 1.29 is 22.8 Å². The van der Waals surface area contributed by atoms with Crippen LogP contribution in [0.15, 0.2) is 46.2 Å². The third-order valence-electron chi connectivity index (χ3n) is 5.10. The average Bonchev–Trinajstić information content (AvgIpc) is 3.36. The van der Waals surface area contributed by atoms with Crippen molar-refractivity contribution in [3.8, 4) is 5.69 Å². The maximum atomic E-state index is 12.9. The highest BCUT2D eigenvalue weighted by molar-refractivity contribution is 7.16. The van der Waals surface area contributed by atoms with E-state index in [2.05, 4.69) is 10.1 Å². The summed E-state index contributed by atoms with van der Waals surface area (Å²) in [6.07, 6.45) is -4.06. The Kier molecular flexibility index (Phi) is 7.40. The molecule has 0 radical (unpaired) electrons. The number of benzene rings is 1. The van der Waals surface area contributed by atoms with Gasteiger partial charge in [0.25, 0.3) is 5.56 Å². The number of carbonyl (C=O) groups excluding carboxylic acids is 2. The molecule has 0 atom stereocenters. The Morgan fingerprint density at radius 1 is 1.06 bits per heavy atom. The monoisotopic (exact) mass is 491 g/mol. The normalized spacial score (nSPS) is 12.4. The Labute approximate surface area is 198 Å². The minimum atomic E-state index is -4.47. The number of aromatic nitrogens is 2. The molecule has 3 rings (SSSR count). The van der Waals surface area contributed by atoms with Gasteiger partial charge in [0, 0.05) is 17.8 Å². The summed E-state index contributed by atoms with van der Waals surface area (Å²) in [5.74, 6) is -0.0630. The number of H-pyrrole nitrogens is 1. The van der Waals surface area contributed by atoms with Gasteiger partial charge < -0.3 is 0 Å². The number of thiophene rings is 1. The maximum absolute atomic E-state index is 12.9. The molecule has 1 aromatic carbocycles. The van der Waals surface area contributed by atoms with Gasteiger partial charge in [-0.05, 0) is 56.2 Å². The van der Waals surface area contributed by atoms with Crippen LogP contribution in [0.4, 0.5) is 13.2 Å². The molecule has 0 spiro atoms. The van der Waals surface area contributed by atoms with Gasteiger partial charge in [-0.2, -0.15) is 13.2 Å². The van der Waals surface area contributed by atoms with E-state index in [1.807, 2.05) is 13.8 Å². The first-order valence-corrected chi connectivity index (χ1v) is 11.4. The van der Waals surface area contributed by atoms with Crippen LogP contribution in [-0.2, 0) is 6.18 Å². The Morgan fingerprint density at radius 2 is 1.65 bits per heavy atom. The number of aryl methyl sites for hydroxylation is 1. The van der Waals surface area contributed by atoms with Gasteiger partial charge in [-0.25, -0.2) is 4.68 Å². The predicted molar refractivity (Wildman–Crippen MR) is 126 cm³/mol. The van der Waals surface area contributed by atoms with E-state index < -0.39 is 17.3 Å². The molecule has 0 aliphatic rings. The van der Waals surface area contributed by atoms with Gasteiger partial charge in [0.15, 0.2) is 11.6 Å². The van der Waals surface area contributed by atoms with Crippen molar-refractivity contribution in [1.29, 1.82) is 0 Å². The number of alkyl halides is 3. The van der Waals surface area contributed by atoms with E-state index in [0.717, 1.165) is 28.2 Å². The minimum absolute atomic E-state index is 0.00880. The molecule has 1 N–H and O–H groups in total. The molecule has 0 aliphatic heterocycles.